The van der Waals surface area contributed by atoms with Gasteiger partial charge in [-0.2, -0.15) is 0 Å². The summed E-state index contributed by atoms with van der Waals surface area (Å²) in [5.41, 5.74) is 1.10. The molecule has 1 saturated heterocycles. The van der Waals surface area contributed by atoms with Gasteiger partial charge in [-0.25, -0.2) is 0 Å². The van der Waals surface area contributed by atoms with Crippen LogP contribution < -0.4 is 5.32 Å². The van der Waals surface area contributed by atoms with Crippen LogP contribution in [0, 0.1) is 17.8 Å². The van der Waals surface area contributed by atoms with Crippen molar-refractivity contribution in [2.75, 3.05) is 33.2 Å². The molecule has 0 unspecified atom stereocenters. The maximum absolute atomic E-state index is 3.45. The van der Waals surface area contributed by atoms with Crippen molar-refractivity contribution in [2.45, 2.75) is 12.8 Å². The van der Waals surface area contributed by atoms with Gasteiger partial charge in [0.15, 0.2) is 0 Å². The van der Waals surface area contributed by atoms with E-state index in [2.05, 4.69) is 29.1 Å². The fourth-order valence-electron chi connectivity index (χ4n) is 2.27. The second kappa shape index (κ2) is 7.20. The van der Waals surface area contributed by atoms with Crippen LogP contribution in [-0.2, 0) is 0 Å². The predicted molar refractivity (Wildman–Crippen MR) is 76.4 cm³/mol. The molecular formula is C16H22N2. The molecule has 18 heavy (non-hydrogen) atoms. The third-order valence-corrected chi connectivity index (χ3v) is 3.49. The van der Waals surface area contributed by atoms with Crippen LogP contribution in [0.2, 0.25) is 0 Å². The van der Waals surface area contributed by atoms with Crippen molar-refractivity contribution in [2.24, 2.45) is 5.92 Å². The molecule has 0 radical (unpaired) electrons. The Kier molecular flexibility index (Phi) is 5.26. The summed E-state index contributed by atoms with van der Waals surface area (Å²) < 4.78 is 0. The monoisotopic (exact) mass is 242 g/mol. The maximum Gasteiger partial charge on any atom is 0.0580 e. The molecular weight excluding hydrogens is 220 g/mol. The highest BCUT2D eigenvalue weighted by molar-refractivity contribution is 5.33. The highest BCUT2D eigenvalue weighted by Gasteiger charge is 2.15. The van der Waals surface area contributed by atoms with Gasteiger partial charge in [0.2, 0.25) is 0 Å². The van der Waals surface area contributed by atoms with Crippen molar-refractivity contribution in [3.8, 4) is 11.8 Å². The first-order valence-corrected chi connectivity index (χ1v) is 6.78. The summed E-state index contributed by atoms with van der Waals surface area (Å²) in [6.07, 6.45) is 2.63. The van der Waals surface area contributed by atoms with Gasteiger partial charge in [-0.15, -0.1) is 0 Å². The molecule has 1 N–H and O–H groups in total. The lowest BCUT2D eigenvalue weighted by molar-refractivity contribution is 0.217. The lowest BCUT2D eigenvalue weighted by atomic mass is 9.97. The summed E-state index contributed by atoms with van der Waals surface area (Å²) in [6, 6.07) is 10.2. The van der Waals surface area contributed by atoms with Crippen LogP contribution in [0.3, 0.4) is 0 Å². The summed E-state index contributed by atoms with van der Waals surface area (Å²) in [5.74, 6) is 7.18. The Morgan fingerprint density at radius 1 is 1.22 bits per heavy atom. The van der Waals surface area contributed by atoms with E-state index in [4.69, 9.17) is 0 Å². The summed E-state index contributed by atoms with van der Waals surface area (Å²) in [7, 11) is 2.20. The largest absolute Gasteiger partial charge is 0.306 e. The van der Waals surface area contributed by atoms with Gasteiger partial charge in [0.1, 0.15) is 0 Å². The Bertz CT molecular complexity index is 394. The minimum absolute atomic E-state index is 0.793. The van der Waals surface area contributed by atoms with Crippen molar-refractivity contribution in [1.82, 2.24) is 10.2 Å². The number of hydrogen-bond acceptors (Lipinski definition) is 2. The van der Waals surface area contributed by atoms with E-state index in [1.54, 1.807) is 0 Å². The third kappa shape index (κ3) is 4.52. The number of hydrogen-bond donors (Lipinski definition) is 1. The van der Waals surface area contributed by atoms with Crippen molar-refractivity contribution < 1.29 is 0 Å². The molecule has 1 aliphatic rings. The molecule has 0 saturated carbocycles. The molecule has 2 rings (SSSR count). The summed E-state index contributed by atoms with van der Waals surface area (Å²) in [6.45, 7) is 4.38. The Hall–Kier alpha value is -1.30. The molecule has 0 spiro atoms. The normalized spacial score (nSPS) is 17.2. The minimum atomic E-state index is 0.793. The fourth-order valence-corrected chi connectivity index (χ4v) is 2.27. The average molecular weight is 242 g/mol. The molecule has 1 heterocycles. The van der Waals surface area contributed by atoms with E-state index in [-0.39, 0.29) is 0 Å². The van der Waals surface area contributed by atoms with Gasteiger partial charge in [-0.1, -0.05) is 30.0 Å². The lowest BCUT2D eigenvalue weighted by Crippen LogP contribution is -2.35. The van der Waals surface area contributed by atoms with Crippen LogP contribution in [0.25, 0.3) is 0 Å². The highest BCUT2D eigenvalue weighted by Crippen LogP contribution is 2.14. The molecule has 1 aliphatic heterocycles. The second-order valence-electron chi connectivity index (χ2n) is 5.05. The molecule has 96 valence electrons. The molecule has 0 atom stereocenters. The van der Waals surface area contributed by atoms with Gasteiger partial charge in [0.25, 0.3) is 0 Å². The predicted octanol–water partition coefficient (Wildman–Crippen LogP) is 1.97. The first-order chi connectivity index (χ1) is 8.84. The van der Waals surface area contributed by atoms with Gasteiger partial charge >= 0.3 is 0 Å². The molecule has 0 aromatic heterocycles. The van der Waals surface area contributed by atoms with E-state index in [1.807, 2.05) is 30.3 Å². The standard InChI is InChI=1S/C16H22N2/c1-18-12-9-16(10-13-18)14-17-11-5-8-15-6-3-2-4-7-15/h2-4,6-7,16-17H,9-14H2,1H3. The number of nitrogens with one attached hydrogen (secondary N) is 1. The van der Waals surface area contributed by atoms with E-state index >= 15 is 0 Å². The zero-order valence-corrected chi connectivity index (χ0v) is 11.2. The van der Waals surface area contributed by atoms with Crippen LogP contribution >= 0.6 is 0 Å². The van der Waals surface area contributed by atoms with E-state index in [0.29, 0.717) is 0 Å². The van der Waals surface area contributed by atoms with Crippen LogP contribution in [0.5, 0.6) is 0 Å². The van der Waals surface area contributed by atoms with Crippen molar-refractivity contribution >= 4 is 0 Å². The van der Waals surface area contributed by atoms with Gasteiger partial charge in [0, 0.05) is 5.56 Å². The Labute approximate surface area is 110 Å². The smallest absolute Gasteiger partial charge is 0.0580 e. The molecule has 0 bridgehead atoms. The van der Waals surface area contributed by atoms with Gasteiger partial charge < -0.3 is 10.2 Å². The molecule has 1 fully saturated rings. The van der Waals surface area contributed by atoms with Crippen LogP contribution in [0.1, 0.15) is 18.4 Å². The minimum Gasteiger partial charge on any atom is -0.306 e. The van der Waals surface area contributed by atoms with Crippen molar-refractivity contribution in [3.63, 3.8) is 0 Å². The maximum atomic E-state index is 3.45. The molecule has 0 amide bonds. The van der Waals surface area contributed by atoms with Crippen molar-refractivity contribution in [1.29, 1.82) is 0 Å². The molecule has 1 aromatic rings. The van der Waals surface area contributed by atoms with E-state index in [9.17, 15) is 0 Å². The van der Waals surface area contributed by atoms with Crippen LogP contribution in [-0.4, -0.2) is 38.1 Å². The lowest BCUT2D eigenvalue weighted by Gasteiger charge is -2.28. The van der Waals surface area contributed by atoms with Gasteiger partial charge in [-0.05, 0) is 57.6 Å². The number of rotatable bonds is 3. The summed E-state index contributed by atoms with van der Waals surface area (Å²) in [4.78, 5) is 2.41. The number of likely N-dealkylation sites (tertiary alicyclic amines) is 1. The zero-order valence-electron chi connectivity index (χ0n) is 11.2. The first kappa shape index (κ1) is 13.1. The SMILES string of the molecule is CN1CCC(CNCC#Cc2ccccc2)CC1. The fraction of sp³-hybridized carbons (Fsp3) is 0.500. The Balaban J connectivity index is 1.63. The zero-order chi connectivity index (χ0) is 12.6. The molecule has 0 aliphatic carbocycles. The van der Waals surface area contributed by atoms with E-state index in [1.165, 1.54) is 25.9 Å². The topological polar surface area (TPSA) is 15.3 Å². The highest BCUT2D eigenvalue weighted by atomic mass is 15.1. The van der Waals surface area contributed by atoms with Crippen LogP contribution in [0.15, 0.2) is 30.3 Å². The molecule has 1 aromatic carbocycles. The number of nitrogens with zero attached hydrogens (tertiary/aromatic N) is 1. The first-order valence-electron chi connectivity index (χ1n) is 6.78. The third-order valence-electron chi connectivity index (χ3n) is 3.49. The van der Waals surface area contributed by atoms with E-state index in [0.717, 1.165) is 24.6 Å². The van der Waals surface area contributed by atoms with E-state index < -0.39 is 0 Å². The summed E-state index contributed by atoms with van der Waals surface area (Å²) in [5, 5.41) is 3.45. The Morgan fingerprint density at radius 3 is 2.67 bits per heavy atom. The Morgan fingerprint density at radius 2 is 1.94 bits per heavy atom. The van der Waals surface area contributed by atoms with Crippen LogP contribution in [0.4, 0.5) is 0 Å². The number of piperidine rings is 1. The van der Waals surface area contributed by atoms with Crippen molar-refractivity contribution in [3.05, 3.63) is 35.9 Å². The second-order valence-corrected chi connectivity index (χ2v) is 5.05. The van der Waals surface area contributed by atoms with Gasteiger partial charge in [-0.3, -0.25) is 0 Å². The molecule has 2 heteroatoms. The summed E-state index contributed by atoms with van der Waals surface area (Å²) >= 11 is 0. The average Bonchev–Trinajstić information content (AvgIpc) is 2.42. The quantitative estimate of drug-likeness (QED) is 0.644. The van der Waals surface area contributed by atoms with Gasteiger partial charge in [0.05, 0.1) is 6.54 Å². The molecule has 2 nitrogen and oxygen atoms in total. The number of benzene rings is 1.